The number of carbonyl (C=O) groups is 1. The number of nitrogens with zero attached hydrogens (tertiary/aromatic N) is 1. The van der Waals surface area contributed by atoms with Crippen LogP contribution in [0.15, 0.2) is 24.3 Å². The molecule has 1 fully saturated rings. The SMILES string of the molecule is O=C(Oc1ccc([N+](=O)[O-])cc1)[C]1[CH][CH][CH][CH]1. The van der Waals surface area contributed by atoms with E-state index in [0.717, 1.165) is 0 Å². The largest absolute Gasteiger partial charge is 0.426 e. The van der Waals surface area contributed by atoms with Crippen molar-refractivity contribution in [1.29, 1.82) is 0 Å². The van der Waals surface area contributed by atoms with Crippen LogP contribution in [0.3, 0.4) is 0 Å². The first-order valence-corrected chi connectivity index (χ1v) is 4.85. The topological polar surface area (TPSA) is 69.4 Å². The van der Waals surface area contributed by atoms with Crippen molar-refractivity contribution in [2.75, 3.05) is 0 Å². The molecule has 0 spiro atoms. The minimum Gasteiger partial charge on any atom is -0.426 e. The zero-order valence-corrected chi connectivity index (χ0v) is 8.70. The average Bonchev–Trinajstić information content (AvgIpc) is 2.83. The number of esters is 1. The lowest BCUT2D eigenvalue weighted by Crippen LogP contribution is -2.16. The summed E-state index contributed by atoms with van der Waals surface area (Å²) in [6, 6.07) is 5.35. The van der Waals surface area contributed by atoms with Gasteiger partial charge in [-0.15, -0.1) is 0 Å². The highest BCUT2D eigenvalue weighted by atomic mass is 16.6. The molecule has 0 aliphatic heterocycles. The Morgan fingerprint density at radius 2 is 1.71 bits per heavy atom. The van der Waals surface area contributed by atoms with Crippen LogP contribution in [0.1, 0.15) is 0 Å². The molecule has 5 radical (unpaired) electrons. The van der Waals surface area contributed by atoms with E-state index >= 15 is 0 Å². The van der Waals surface area contributed by atoms with Crippen molar-refractivity contribution < 1.29 is 14.5 Å². The summed E-state index contributed by atoms with van der Waals surface area (Å²) in [5.41, 5.74) is -0.0434. The molecule has 1 aliphatic rings. The molecule has 1 aromatic rings. The molecule has 0 heterocycles. The van der Waals surface area contributed by atoms with Gasteiger partial charge in [-0.05, 0) is 37.8 Å². The molecule has 0 atom stereocenters. The average molecular weight is 230 g/mol. The number of nitro benzene ring substituents is 1. The second-order valence-electron chi connectivity index (χ2n) is 3.31. The molecular formula is C12H8NO4. The quantitative estimate of drug-likeness (QED) is 0.344. The van der Waals surface area contributed by atoms with Gasteiger partial charge in [-0.2, -0.15) is 0 Å². The van der Waals surface area contributed by atoms with Gasteiger partial charge in [0.25, 0.3) is 5.69 Å². The van der Waals surface area contributed by atoms with Crippen molar-refractivity contribution in [2.24, 2.45) is 0 Å². The number of rotatable bonds is 3. The van der Waals surface area contributed by atoms with Gasteiger partial charge in [0.1, 0.15) is 5.75 Å². The predicted octanol–water partition coefficient (Wildman–Crippen LogP) is 1.91. The summed E-state index contributed by atoms with van der Waals surface area (Å²) in [4.78, 5) is 21.4. The van der Waals surface area contributed by atoms with Gasteiger partial charge in [0, 0.05) is 12.1 Å². The number of hydrogen-bond donors (Lipinski definition) is 0. The second-order valence-corrected chi connectivity index (χ2v) is 3.31. The Labute approximate surface area is 98.5 Å². The van der Waals surface area contributed by atoms with Gasteiger partial charge in [-0.1, -0.05) is 0 Å². The number of nitro groups is 1. The lowest BCUT2D eigenvalue weighted by Gasteiger charge is -2.07. The first kappa shape index (κ1) is 11.6. The van der Waals surface area contributed by atoms with Gasteiger partial charge in [0.15, 0.2) is 0 Å². The molecule has 0 aromatic heterocycles. The molecule has 0 N–H and O–H groups in total. The monoisotopic (exact) mass is 230 g/mol. The Balaban J connectivity index is 1.98. The lowest BCUT2D eigenvalue weighted by atomic mass is 10.1. The number of hydrogen-bond acceptors (Lipinski definition) is 4. The Hall–Kier alpha value is -1.91. The van der Waals surface area contributed by atoms with Crippen LogP contribution in [0.25, 0.3) is 0 Å². The Morgan fingerprint density at radius 3 is 2.24 bits per heavy atom. The number of carbonyl (C=O) groups excluding carboxylic acids is 1. The molecule has 2 rings (SSSR count). The lowest BCUT2D eigenvalue weighted by molar-refractivity contribution is -0.384. The summed E-state index contributed by atoms with van der Waals surface area (Å²) >= 11 is 0. The Kier molecular flexibility index (Phi) is 3.37. The van der Waals surface area contributed by atoms with E-state index in [2.05, 4.69) is 0 Å². The summed E-state index contributed by atoms with van der Waals surface area (Å²) in [6.07, 6.45) is 6.72. The Morgan fingerprint density at radius 1 is 1.12 bits per heavy atom. The van der Waals surface area contributed by atoms with Crippen molar-refractivity contribution in [3.05, 3.63) is 66.0 Å². The van der Waals surface area contributed by atoms with Crippen LogP contribution in [0.5, 0.6) is 5.75 Å². The third-order valence-electron chi connectivity index (χ3n) is 2.16. The summed E-state index contributed by atoms with van der Waals surface area (Å²) < 4.78 is 5.03. The zero-order valence-electron chi connectivity index (χ0n) is 8.70. The number of ether oxygens (including phenoxy) is 1. The van der Waals surface area contributed by atoms with Gasteiger partial charge in [-0.25, -0.2) is 0 Å². The van der Waals surface area contributed by atoms with Gasteiger partial charge in [0.05, 0.1) is 10.8 Å². The van der Waals surface area contributed by atoms with Crippen LogP contribution >= 0.6 is 0 Å². The van der Waals surface area contributed by atoms with E-state index in [9.17, 15) is 14.9 Å². The van der Waals surface area contributed by atoms with Crippen molar-refractivity contribution in [3.8, 4) is 5.75 Å². The molecular weight excluding hydrogens is 222 g/mol. The zero-order chi connectivity index (χ0) is 12.3. The molecule has 1 aliphatic carbocycles. The molecule has 17 heavy (non-hydrogen) atoms. The van der Waals surface area contributed by atoms with Crippen molar-refractivity contribution in [2.45, 2.75) is 0 Å². The van der Waals surface area contributed by atoms with Crippen molar-refractivity contribution in [1.82, 2.24) is 0 Å². The van der Waals surface area contributed by atoms with Crippen LogP contribution < -0.4 is 4.74 Å². The Bertz CT molecular complexity index is 421. The molecule has 0 bridgehead atoms. The van der Waals surface area contributed by atoms with E-state index in [1.54, 1.807) is 25.7 Å². The molecule has 85 valence electrons. The molecule has 1 saturated carbocycles. The highest BCUT2D eigenvalue weighted by molar-refractivity contribution is 5.92. The molecule has 0 saturated heterocycles. The maximum atomic E-state index is 11.5. The van der Waals surface area contributed by atoms with Gasteiger partial charge in [0.2, 0.25) is 0 Å². The van der Waals surface area contributed by atoms with Gasteiger partial charge < -0.3 is 4.74 Å². The van der Waals surface area contributed by atoms with E-state index in [1.165, 1.54) is 24.3 Å². The van der Waals surface area contributed by atoms with Gasteiger partial charge in [-0.3, -0.25) is 14.9 Å². The minimum absolute atomic E-state index is 0.0434. The van der Waals surface area contributed by atoms with Crippen LogP contribution in [-0.4, -0.2) is 10.9 Å². The first-order chi connectivity index (χ1) is 8.16. The highest BCUT2D eigenvalue weighted by Gasteiger charge is 2.26. The molecule has 0 amide bonds. The normalized spacial score (nSPS) is 15.8. The molecule has 5 nitrogen and oxygen atoms in total. The second kappa shape index (κ2) is 4.95. The molecule has 1 aromatic carbocycles. The van der Waals surface area contributed by atoms with Crippen LogP contribution in [-0.2, 0) is 4.79 Å². The fourth-order valence-electron chi connectivity index (χ4n) is 1.31. The van der Waals surface area contributed by atoms with Crippen molar-refractivity contribution >= 4 is 11.7 Å². The predicted molar refractivity (Wildman–Crippen MR) is 59.2 cm³/mol. The molecule has 5 heteroatoms. The summed E-state index contributed by atoms with van der Waals surface area (Å²) in [5.74, 6) is 0.244. The third-order valence-corrected chi connectivity index (χ3v) is 2.16. The fourth-order valence-corrected chi connectivity index (χ4v) is 1.31. The third kappa shape index (κ3) is 2.81. The van der Waals surface area contributed by atoms with Gasteiger partial charge >= 0.3 is 5.97 Å². The smallest absolute Gasteiger partial charge is 0.319 e. The van der Waals surface area contributed by atoms with Crippen molar-refractivity contribution in [3.63, 3.8) is 0 Å². The van der Waals surface area contributed by atoms with E-state index in [1.807, 2.05) is 0 Å². The highest BCUT2D eigenvalue weighted by Crippen LogP contribution is 2.25. The summed E-state index contributed by atoms with van der Waals surface area (Å²) in [5, 5.41) is 10.4. The first-order valence-electron chi connectivity index (χ1n) is 4.85. The number of non-ortho nitro benzene ring substituents is 1. The fraction of sp³-hybridized carbons (Fsp3) is 0. The molecule has 0 unspecified atom stereocenters. The minimum atomic E-state index is -0.511. The van der Waals surface area contributed by atoms with E-state index in [0.29, 0.717) is 5.92 Å². The maximum Gasteiger partial charge on any atom is 0.319 e. The summed E-state index contributed by atoms with van der Waals surface area (Å²) in [7, 11) is 0. The van der Waals surface area contributed by atoms with E-state index in [-0.39, 0.29) is 11.4 Å². The van der Waals surface area contributed by atoms with Crippen LogP contribution in [0.4, 0.5) is 5.69 Å². The van der Waals surface area contributed by atoms with Crippen LogP contribution in [0, 0.1) is 41.7 Å². The summed E-state index contributed by atoms with van der Waals surface area (Å²) in [6.45, 7) is 0. The number of benzene rings is 1. The van der Waals surface area contributed by atoms with E-state index in [4.69, 9.17) is 4.74 Å². The van der Waals surface area contributed by atoms with E-state index < -0.39 is 10.9 Å². The van der Waals surface area contributed by atoms with Crippen LogP contribution in [0.2, 0.25) is 0 Å². The maximum absolute atomic E-state index is 11.5. The standard InChI is InChI=1S/C12H8NO4/c14-12(9-3-1-2-4-9)17-11-7-5-10(6-8-11)13(15)16/h1-8H.